The van der Waals surface area contributed by atoms with Crippen LogP contribution < -0.4 is 9.47 Å². The minimum Gasteiger partial charge on any atom is -0.493 e. The summed E-state index contributed by atoms with van der Waals surface area (Å²) >= 11 is 10.3. The summed E-state index contributed by atoms with van der Waals surface area (Å²) in [6.45, 7) is 8.83. The first kappa shape index (κ1) is 30.8. The molecule has 1 heterocycles. The molecule has 214 valence electrons. The standard InChI is InChI=1S/C32H32BrNO5S2/c1-6-38-30(36)27(22-10-8-7-9-11-22)34-29(35)26(41-31(34)40)18-21-16-24(33)28(25(17-21)37-5)39-19-20-12-14-23(15-13-20)32(2,3)4/h7-18,27H,6,19H2,1-5H3/b26-18+. The molecule has 1 amide bonds. The first-order valence-electron chi connectivity index (χ1n) is 13.1. The molecule has 0 bridgehead atoms. The summed E-state index contributed by atoms with van der Waals surface area (Å²) in [5.74, 6) is 0.177. The number of carbonyl (C=O) groups is 2. The second-order valence-electron chi connectivity index (χ2n) is 10.4. The van der Waals surface area contributed by atoms with E-state index >= 15 is 0 Å². The molecular weight excluding hydrogens is 622 g/mol. The molecule has 4 rings (SSSR count). The second-order valence-corrected chi connectivity index (χ2v) is 12.9. The van der Waals surface area contributed by atoms with E-state index in [0.717, 1.165) is 17.3 Å². The van der Waals surface area contributed by atoms with E-state index in [0.29, 0.717) is 38.6 Å². The zero-order chi connectivity index (χ0) is 29.7. The Morgan fingerprint density at radius 2 is 1.78 bits per heavy atom. The number of thiocarbonyl (C=S) groups is 1. The number of carbonyl (C=O) groups excluding carboxylic acids is 2. The van der Waals surface area contributed by atoms with Crippen LogP contribution in [0.2, 0.25) is 0 Å². The van der Waals surface area contributed by atoms with Crippen LogP contribution in [-0.2, 0) is 26.3 Å². The van der Waals surface area contributed by atoms with E-state index in [4.69, 9.17) is 26.4 Å². The van der Waals surface area contributed by atoms with Crippen LogP contribution in [0.3, 0.4) is 0 Å². The molecule has 1 saturated heterocycles. The first-order chi connectivity index (χ1) is 19.5. The van der Waals surface area contributed by atoms with Gasteiger partial charge < -0.3 is 14.2 Å². The maximum absolute atomic E-state index is 13.6. The Hall–Kier alpha value is -3.14. The number of hydrogen-bond donors (Lipinski definition) is 0. The normalized spacial score (nSPS) is 15.3. The Balaban J connectivity index is 1.57. The fraction of sp³-hybridized carbons (Fsp3) is 0.281. The quantitative estimate of drug-likeness (QED) is 0.132. The third-order valence-corrected chi connectivity index (χ3v) is 8.38. The summed E-state index contributed by atoms with van der Waals surface area (Å²) in [6, 6.07) is 20.1. The summed E-state index contributed by atoms with van der Waals surface area (Å²) in [7, 11) is 1.57. The van der Waals surface area contributed by atoms with Gasteiger partial charge in [-0.1, -0.05) is 99.3 Å². The highest BCUT2D eigenvalue weighted by atomic mass is 79.9. The molecule has 9 heteroatoms. The predicted octanol–water partition coefficient (Wildman–Crippen LogP) is 7.84. The molecule has 0 N–H and O–H groups in total. The van der Waals surface area contributed by atoms with Crippen LogP contribution in [0.1, 0.15) is 56.0 Å². The lowest BCUT2D eigenvalue weighted by atomic mass is 9.87. The van der Waals surface area contributed by atoms with Crippen molar-refractivity contribution in [3.05, 3.63) is 98.4 Å². The van der Waals surface area contributed by atoms with Crippen LogP contribution in [0, 0.1) is 0 Å². The summed E-state index contributed by atoms with van der Waals surface area (Å²) in [5, 5.41) is 0. The lowest BCUT2D eigenvalue weighted by Gasteiger charge is -2.25. The fourth-order valence-corrected chi connectivity index (χ4v) is 6.21. The molecule has 0 aliphatic carbocycles. The van der Waals surface area contributed by atoms with Crippen molar-refractivity contribution >= 4 is 62.2 Å². The van der Waals surface area contributed by atoms with Gasteiger partial charge in [-0.3, -0.25) is 9.69 Å². The van der Waals surface area contributed by atoms with Crippen LogP contribution in [0.15, 0.2) is 76.1 Å². The number of esters is 1. The molecule has 1 aliphatic heterocycles. The smallest absolute Gasteiger partial charge is 0.333 e. The van der Waals surface area contributed by atoms with Gasteiger partial charge in [0.25, 0.3) is 5.91 Å². The van der Waals surface area contributed by atoms with E-state index in [1.807, 2.05) is 24.3 Å². The van der Waals surface area contributed by atoms with Gasteiger partial charge in [0.15, 0.2) is 17.5 Å². The number of rotatable bonds is 9. The van der Waals surface area contributed by atoms with Gasteiger partial charge >= 0.3 is 5.97 Å². The second kappa shape index (κ2) is 13.2. The van der Waals surface area contributed by atoms with Crippen LogP contribution >= 0.6 is 39.9 Å². The average Bonchev–Trinajstić information content (AvgIpc) is 3.20. The Kier molecular flexibility index (Phi) is 9.94. The number of amides is 1. The van der Waals surface area contributed by atoms with Gasteiger partial charge in [-0.15, -0.1) is 0 Å². The molecule has 3 aromatic carbocycles. The van der Waals surface area contributed by atoms with Crippen LogP contribution in [0.4, 0.5) is 0 Å². The maximum atomic E-state index is 13.6. The van der Waals surface area contributed by atoms with E-state index in [-0.39, 0.29) is 22.2 Å². The van der Waals surface area contributed by atoms with Crippen LogP contribution in [0.5, 0.6) is 11.5 Å². The van der Waals surface area contributed by atoms with Crippen molar-refractivity contribution in [2.45, 2.75) is 45.8 Å². The summed E-state index contributed by atoms with van der Waals surface area (Å²) in [4.78, 5) is 28.2. The molecule has 0 aromatic heterocycles. The van der Waals surface area contributed by atoms with Crippen molar-refractivity contribution in [3.63, 3.8) is 0 Å². The number of thioether (sulfide) groups is 1. The highest BCUT2D eigenvalue weighted by Gasteiger charge is 2.42. The zero-order valence-electron chi connectivity index (χ0n) is 23.6. The van der Waals surface area contributed by atoms with Gasteiger partial charge in [-0.05, 0) is 68.7 Å². The lowest BCUT2D eigenvalue weighted by Crippen LogP contribution is -2.38. The van der Waals surface area contributed by atoms with Gasteiger partial charge in [0, 0.05) is 0 Å². The van der Waals surface area contributed by atoms with Gasteiger partial charge in [-0.2, -0.15) is 0 Å². The summed E-state index contributed by atoms with van der Waals surface area (Å²) < 4.78 is 18.0. The first-order valence-corrected chi connectivity index (χ1v) is 15.1. The third kappa shape index (κ3) is 7.20. The van der Waals surface area contributed by atoms with E-state index in [2.05, 4.69) is 61.0 Å². The van der Waals surface area contributed by atoms with Gasteiger partial charge in [0.2, 0.25) is 0 Å². The number of nitrogens with zero attached hydrogens (tertiary/aromatic N) is 1. The molecule has 0 saturated carbocycles. The Bertz CT molecular complexity index is 1470. The largest absolute Gasteiger partial charge is 0.493 e. The number of halogens is 1. The van der Waals surface area contributed by atoms with Crippen molar-refractivity contribution in [2.24, 2.45) is 0 Å². The van der Waals surface area contributed by atoms with Crippen LogP contribution in [-0.4, -0.2) is 34.8 Å². The van der Waals surface area contributed by atoms with Crippen molar-refractivity contribution in [3.8, 4) is 11.5 Å². The summed E-state index contributed by atoms with van der Waals surface area (Å²) in [6.07, 6.45) is 1.73. The molecular formula is C32H32BrNO5S2. The highest BCUT2D eigenvalue weighted by Crippen LogP contribution is 2.41. The molecule has 3 aromatic rings. The average molecular weight is 655 g/mol. The minimum absolute atomic E-state index is 0.0804. The van der Waals surface area contributed by atoms with Gasteiger partial charge in [0.1, 0.15) is 10.9 Å². The number of ether oxygens (including phenoxy) is 3. The minimum atomic E-state index is -0.968. The Morgan fingerprint density at radius 1 is 1.10 bits per heavy atom. The van der Waals surface area contributed by atoms with Gasteiger partial charge in [0.05, 0.1) is 23.1 Å². The zero-order valence-corrected chi connectivity index (χ0v) is 26.8. The number of methoxy groups -OCH3 is 1. The molecule has 0 spiro atoms. The number of hydrogen-bond acceptors (Lipinski definition) is 7. The summed E-state index contributed by atoms with van der Waals surface area (Å²) in [5.41, 5.74) is 3.71. The molecule has 0 radical (unpaired) electrons. The molecule has 1 unspecified atom stereocenters. The van der Waals surface area contributed by atoms with E-state index in [1.54, 1.807) is 38.3 Å². The topological polar surface area (TPSA) is 65.1 Å². The Labute approximate surface area is 259 Å². The van der Waals surface area contributed by atoms with Crippen molar-refractivity contribution in [1.29, 1.82) is 0 Å². The van der Waals surface area contributed by atoms with E-state index in [1.165, 1.54) is 10.5 Å². The number of benzene rings is 3. The monoisotopic (exact) mass is 653 g/mol. The molecule has 41 heavy (non-hydrogen) atoms. The van der Waals surface area contributed by atoms with Crippen molar-refractivity contribution < 1.29 is 23.8 Å². The van der Waals surface area contributed by atoms with Crippen LogP contribution in [0.25, 0.3) is 6.08 Å². The van der Waals surface area contributed by atoms with Gasteiger partial charge in [-0.25, -0.2) is 4.79 Å². The predicted molar refractivity (Wildman–Crippen MR) is 171 cm³/mol. The van der Waals surface area contributed by atoms with E-state index < -0.39 is 12.0 Å². The molecule has 1 aliphatic rings. The van der Waals surface area contributed by atoms with E-state index in [9.17, 15) is 9.59 Å². The fourth-order valence-electron chi connectivity index (χ4n) is 4.32. The molecule has 1 fully saturated rings. The lowest BCUT2D eigenvalue weighted by molar-refractivity contribution is -0.151. The third-order valence-electron chi connectivity index (χ3n) is 6.46. The molecule has 6 nitrogen and oxygen atoms in total. The highest BCUT2D eigenvalue weighted by molar-refractivity contribution is 9.10. The maximum Gasteiger partial charge on any atom is 0.333 e. The molecule has 1 atom stereocenters. The van der Waals surface area contributed by atoms with Crippen molar-refractivity contribution in [1.82, 2.24) is 4.90 Å². The SMILES string of the molecule is CCOC(=O)C(c1ccccc1)N1C(=O)/C(=C\c2cc(Br)c(OCc3ccc(C(C)(C)C)cc3)c(OC)c2)SC1=S. The Morgan fingerprint density at radius 3 is 2.39 bits per heavy atom. The van der Waals surface area contributed by atoms with Crippen molar-refractivity contribution in [2.75, 3.05) is 13.7 Å².